The summed E-state index contributed by atoms with van der Waals surface area (Å²) in [5.74, 6) is -1.78. The lowest BCUT2D eigenvalue weighted by atomic mass is 9.98. The number of rotatable bonds is 5. The molecule has 7 nitrogen and oxygen atoms in total. The average molecular weight is 565 g/mol. The second-order valence-electron chi connectivity index (χ2n) is 8.05. The van der Waals surface area contributed by atoms with Crippen molar-refractivity contribution in [1.82, 2.24) is 15.2 Å². The highest BCUT2D eigenvalue weighted by atomic mass is 79.9. The Kier molecular flexibility index (Phi) is 5.80. The topological polar surface area (TPSA) is 102 Å². The Morgan fingerprint density at radius 2 is 2.00 bits per heavy atom. The molecule has 2 aromatic heterocycles. The highest BCUT2D eigenvalue weighted by Gasteiger charge is 2.36. The molecule has 1 fully saturated rings. The molecule has 12 heteroatoms. The second kappa shape index (κ2) is 8.68. The normalized spacial score (nSPS) is 15.0. The summed E-state index contributed by atoms with van der Waals surface area (Å²) in [6.45, 7) is 0.485. The molecule has 5 rings (SSSR count). The molecule has 35 heavy (non-hydrogen) atoms. The lowest BCUT2D eigenvalue weighted by molar-refractivity contribution is -0.142. The van der Waals surface area contributed by atoms with Crippen LogP contribution in [0.3, 0.4) is 0 Å². The molecule has 4 aromatic rings. The lowest BCUT2D eigenvalue weighted by Gasteiger charge is -2.36. The molecule has 3 heterocycles. The van der Waals surface area contributed by atoms with E-state index in [1.54, 1.807) is 29.3 Å². The van der Waals surface area contributed by atoms with Crippen LogP contribution in [-0.2, 0) is 11.0 Å². The molecule has 0 unspecified atom stereocenters. The number of benzene rings is 2. The summed E-state index contributed by atoms with van der Waals surface area (Å²) in [5.41, 5.74) is 0.754. The Balaban J connectivity index is 1.65. The van der Waals surface area contributed by atoms with Crippen LogP contribution >= 0.6 is 27.3 Å². The highest BCUT2D eigenvalue weighted by Crippen LogP contribution is 2.43. The number of aromatic nitrogens is 3. The van der Waals surface area contributed by atoms with E-state index in [1.807, 2.05) is 0 Å². The van der Waals surface area contributed by atoms with Gasteiger partial charge in [0.25, 0.3) is 0 Å². The van der Waals surface area contributed by atoms with Crippen molar-refractivity contribution >= 4 is 60.9 Å². The Labute approximate surface area is 208 Å². The first-order chi connectivity index (χ1) is 16.6. The smallest absolute Gasteiger partial charge is 0.417 e. The van der Waals surface area contributed by atoms with Crippen molar-refractivity contribution in [2.45, 2.75) is 6.18 Å². The van der Waals surface area contributed by atoms with E-state index >= 15 is 0 Å². The molecule has 0 amide bonds. The van der Waals surface area contributed by atoms with Gasteiger partial charge in [-0.05, 0) is 41.5 Å². The third-order valence-electron chi connectivity index (χ3n) is 5.72. The first kappa shape index (κ1) is 23.4. The number of carboxylic acids is 1. The third kappa shape index (κ3) is 4.50. The summed E-state index contributed by atoms with van der Waals surface area (Å²) in [7, 11) is 0. The molecule has 0 spiro atoms. The number of H-pyrrole nitrogens is 1. The molecule has 3 N–H and O–H groups in total. The molecule has 0 radical (unpaired) electrons. The number of halogens is 4. The van der Waals surface area contributed by atoms with Crippen LogP contribution in [0.2, 0.25) is 0 Å². The van der Waals surface area contributed by atoms with Gasteiger partial charge in [-0.2, -0.15) is 23.3 Å². The Morgan fingerprint density at radius 3 is 2.71 bits per heavy atom. The van der Waals surface area contributed by atoms with Crippen LogP contribution in [0.4, 0.5) is 18.3 Å². The lowest BCUT2D eigenvalue weighted by Crippen LogP contribution is -2.50. The maximum Gasteiger partial charge on any atom is 0.417 e. The number of carbonyl (C=O) groups is 1. The van der Waals surface area contributed by atoms with E-state index in [1.165, 1.54) is 18.2 Å². The minimum absolute atomic E-state index is 0.0766. The summed E-state index contributed by atoms with van der Waals surface area (Å²) in [4.78, 5) is 17.3. The zero-order chi connectivity index (χ0) is 24.9. The van der Waals surface area contributed by atoms with Crippen molar-refractivity contribution in [2.24, 2.45) is 5.92 Å². The number of anilines is 1. The number of aliphatic carboxylic acids is 1. The van der Waals surface area contributed by atoms with Gasteiger partial charge in [0.15, 0.2) is 5.13 Å². The van der Waals surface area contributed by atoms with Crippen molar-refractivity contribution in [3.63, 3.8) is 0 Å². The van der Waals surface area contributed by atoms with E-state index in [0.29, 0.717) is 16.3 Å². The molecule has 0 saturated carbocycles. The Morgan fingerprint density at radius 1 is 1.23 bits per heavy atom. The van der Waals surface area contributed by atoms with Crippen LogP contribution in [0.1, 0.15) is 21.6 Å². The first-order valence-electron chi connectivity index (χ1n) is 10.3. The van der Waals surface area contributed by atoms with Gasteiger partial charge in [0, 0.05) is 28.5 Å². The second-order valence-corrected chi connectivity index (χ2v) is 9.94. The maximum absolute atomic E-state index is 13.8. The van der Waals surface area contributed by atoms with Crippen LogP contribution in [0.15, 0.2) is 47.1 Å². The van der Waals surface area contributed by atoms with Crippen molar-refractivity contribution < 1.29 is 28.2 Å². The quantitative estimate of drug-likeness (QED) is 0.272. The number of aromatic amines is 1. The zero-order valence-electron chi connectivity index (χ0n) is 17.7. The number of hydrogen-bond acceptors (Lipinski definition) is 6. The highest BCUT2D eigenvalue weighted by molar-refractivity contribution is 9.10. The van der Waals surface area contributed by atoms with Crippen molar-refractivity contribution in [3.8, 4) is 5.88 Å². The summed E-state index contributed by atoms with van der Waals surface area (Å²) in [5, 5.41) is 27.8. The van der Waals surface area contributed by atoms with Gasteiger partial charge >= 0.3 is 12.1 Å². The molecular weight excluding hydrogens is 549 g/mol. The Bertz CT molecular complexity index is 1470. The number of nitrogens with one attached hydrogen (secondary N) is 1. The predicted octanol–water partition coefficient (Wildman–Crippen LogP) is 5.62. The van der Waals surface area contributed by atoms with Crippen molar-refractivity contribution in [2.75, 3.05) is 18.0 Å². The summed E-state index contributed by atoms with van der Waals surface area (Å²) in [6, 6.07) is 9.12. The number of nitrogens with zero attached hydrogens (tertiary/aromatic N) is 3. The van der Waals surface area contributed by atoms with Crippen LogP contribution in [0, 0.1) is 5.92 Å². The average Bonchev–Trinajstić information content (AvgIpc) is 3.37. The molecular formula is C23H16BrF3N4O3S. The SMILES string of the molecule is O=C(O)C1CN(c2nc(O)c(C(=Cc3ccc(Br)cc3C(F)(F)F)c3ccc4[nH]ncc4c3)s2)C1. The fraction of sp³-hybridized carbons (Fsp3) is 0.174. The molecule has 1 saturated heterocycles. The molecule has 1 aliphatic heterocycles. The standard InChI is InChI=1S/C23H16BrF3N4O3S/c24-15-3-1-12(17(7-15)23(25,26)27)6-16(11-2-4-18-13(5-11)8-28-30-18)19-20(32)29-22(35-19)31-9-14(10-31)21(33)34/h1-8,14,32H,9-10H2,(H,28,30)(H,33,34). The number of carboxylic acid groups (broad SMARTS) is 1. The van der Waals surface area contributed by atoms with E-state index in [2.05, 4.69) is 31.1 Å². The van der Waals surface area contributed by atoms with Gasteiger partial charge in [-0.25, -0.2) is 0 Å². The van der Waals surface area contributed by atoms with Gasteiger partial charge in [0.1, 0.15) is 4.88 Å². The van der Waals surface area contributed by atoms with E-state index < -0.39 is 23.6 Å². The van der Waals surface area contributed by atoms with E-state index in [9.17, 15) is 23.1 Å². The number of alkyl halides is 3. The van der Waals surface area contributed by atoms with Crippen LogP contribution in [0.5, 0.6) is 5.88 Å². The monoisotopic (exact) mass is 564 g/mol. The fourth-order valence-electron chi connectivity index (χ4n) is 3.85. The van der Waals surface area contributed by atoms with Crippen LogP contribution in [-0.4, -0.2) is 44.5 Å². The van der Waals surface area contributed by atoms with Gasteiger partial charge in [-0.15, -0.1) is 0 Å². The first-order valence-corrected chi connectivity index (χ1v) is 11.9. The van der Waals surface area contributed by atoms with E-state index in [4.69, 9.17) is 5.11 Å². The summed E-state index contributed by atoms with van der Waals surface area (Å²) < 4.78 is 41.7. The Hall–Kier alpha value is -3.38. The van der Waals surface area contributed by atoms with E-state index in [-0.39, 0.29) is 33.9 Å². The number of aromatic hydroxyl groups is 1. The van der Waals surface area contributed by atoms with Crippen LogP contribution in [0.25, 0.3) is 22.6 Å². The molecule has 1 aliphatic rings. The largest absolute Gasteiger partial charge is 0.492 e. The molecule has 0 aliphatic carbocycles. The fourth-order valence-corrected chi connectivity index (χ4v) is 5.23. The van der Waals surface area contributed by atoms with Gasteiger partial charge in [-0.1, -0.05) is 39.4 Å². The minimum Gasteiger partial charge on any atom is -0.492 e. The predicted molar refractivity (Wildman–Crippen MR) is 129 cm³/mol. The number of hydrogen-bond donors (Lipinski definition) is 3. The molecule has 2 aromatic carbocycles. The van der Waals surface area contributed by atoms with Gasteiger partial charge in [-0.3, -0.25) is 9.89 Å². The summed E-state index contributed by atoms with van der Waals surface area (Å²) >= 11 is 4.19. The molecule has 0 atom stereocenters. The summed E-state index contributed by atoms with van der Waals surface area (Å²) in [6.07, 6.45) is -1.62. The van der Waals surface area contributed by atoms with Gasteiger partial charge in [0.05, 0.1) is 23.2 Å². The van der Waals surface area contributed by atoms with Gasteiger partial charge < -0.3 is 15.1 Å². The molecule has 0 bridgehead atoms. The van der Waals surface area contributed by atoms with E-state index in [0.717, 1.165) is 28.3 Å². The van der Waals surface area contributed by atoms with Crippen LogP contribution < -0.4 is 4.90 Å². The van der Waals surface area contributed by atoms with Crippen molar-refractivity contribution in [3.05, 3.63) is 68.6 Å². The van der Waals surface area contributed by atoms with Gasteiger partial charge in [0.2, 0.25) is 5.88 Å². The van der Waals surface area contributed by atoms with Crippen molar-refractivity contribution in [1.29, 1.82) is 0 Å². The molecule has 180 valence electrons. The zero-order valence-corrected chi connectivity index (χ0v) is 20.1. The number of fused-ring (bicyclic) bond motifs is 1. The minimum atomic E-state index is -4.60. The number of thiazole rings is 1. The maximum atomic E-state index is 13.8. The third-order valence-corrected chi connectivity index (χ3v) is 7.35.